The average Bonchev–Trinajstić information content (AvgIpc) is 3.51. The molecule has 6 atom stereocenters. The van der Waals surface area contributed by atoms with E-state index in [2.05, 4.69) is 18.1 Å². The Hall–Kier alpha value is -2.27. The zero-order chi connectivity index (χ0) is 28.4. The third kappa shape index (κ3) is 5.16. The predicted molar refractivity (Wildman–Crippen MR) is 147 cm³/mol. The highest BCUT2D eigenvalue weighted by Crippen LogP contribution is 2.63. The molecule has 0 radical (unpaired) electrons. The van der Waals surface area contributed by atoms with E-state index in [0.29, 0.717) is 58.8 Å². The van der Waals surface area contributed by atoms with E-state index in [9.17, 15) is 19.5 Å². The van der Waals surface area contributed by atoms with Crippen LogP contribution in [-0.4, -0.2) is 131 Å². The summed E-state index contributed by atoms with van der Waals surface area (Å²) in [5, 5.41) is 10.1. The van der Waals surface area contributed by atoms with Crippen molar-refractivity contribution in [1.29, 1.82) is 0 Å². The smallest absolute Gasteiger partial charge is 0.248 e. The number of hydrogen-bond donors (Lipinski definition) is 1. The number of fused-ring (bicyclic) bond motifs is 1. The third-order valence-corrected chi connectivity index (χ3v) is 9.06. The molecule has 10 nitrogen and oxygen atoms in total. The highest BCUT2D eigenvalue weighted by Gasteiger charge is 2.78. The number of morpholine rings is 1. The first kappa shape index (κ1) is 29.7. The summed E-state index contributed by atoms with van der Waals surface area (Å²) in [4.78, 5) is 49.9. The highest BCUT2D eigenvalue weighted by molar-refractivity contribution is 5.99. The second-order valence-electron chi connectivity index (χ2n) is 11.6. The molecule has 2 bridgehead atoms. The van der Waals surface area contributed by atoms with Gasteiger partial charge in [0.05, 0.1) is 43.3 Å². The minimum atomic E-state index is -1.11. The summed E-state index contributed by atoms with van der Waals surface area (Å²) in [6.45, 7) is 18.4. The van der Waals surface area contributed by atoms with Crippen molar-refractivity contribution in [3.63, 3.8) is 0 Å². The van der Waals surface area contributed by atoms with Crippen molar-refractivity contribution in [2.45, 2.75) is 63.3 Å². The molecule has 4 saturated heterocycles. The molecule has 0 aromatic carbocycles. The van der Waals surface area contributed by atoms with Gasteiger partial charge in [-0.3, -0.25) is 19.3 Å². The summed E-state index contributed by atoms with van der Waals surface area (Å²) >= 11 is 0. The van der Waals surface area contributed by atoms with Crippen LogP contribution in [0.2, 0.25) is 0 Å². The van der Waals surface area contributed by atoms with E-state index < -0.39 is 35.1 Å². The number of carbonyl (C=O) groups excluding carboxylic acids is 3. The molecule has 10 heteroatoms. The molecule has 0 saturated carbocycles. The molecule has 0 aliphatic carbocycles. The molecule has 2 unspecified atom stereocenters. The molecular weight excluding hydrogens is 500 g/mol. The van der Waals surface area contributed by atoms with Gasteiger partial charge in [0, 0.05) is 45.8 Å². The Kier molecular flexibility index (Phi) is 9.20. The second-order valence-corrected chi connectivity index (χ2v) is 11.6. The van der Waals surface area contributed by atoms with E-state index in [1.807, 2.05) is 13.8 Å². The molecule has 4 aliphatic heterocycles. The van der Waals surface area contributed by atoms with Gasteiger partial charge < -0.3 is 29.3 Å². The Morgan fingerprint density at radius 2 is 1.77 bits per heavy atom. The summed E-state index contributed by atoms with van der Waals surface area (Å²) < 4.78 is 12.2. The van der Waals surface area contributed by atoms with Crippen molar-refractivity contribution in [3.05, 3.63) is 25.3 Å². The maximum absolute atomic E-state index is 14.4. The van der Waals surface area contributed by atoms with Crippen molar-refractivity contribution < 1.29 is 29.0 Å². The van der Waals surface area contributed by atoms with Gasteiger partial charge in [-0.25, -0.2) is 0 Å². The summed E-state index contributed by atoms with van der Waals surface area (Å²) in [5.41, 5.74) is -1.95. The van der Waals surface area contributed by atoms with Crippen LogP contribution in [0.25, 0.3) is 0 Å². The quantitative estimate of drug-likeness (QED) is 0.343. The van der Waals surface area contributed by atoms with Crippen molar-refractivity contribution in [2.75, 3.05) is 65.6 Å². The van der Waals surface area contributed by atoms with Crippen molar-refractivity contribution in [2.24, 2.45) is 11.8 Å². The van der Waals surface area contributed by atoms with Crippen LogP contribution in [0.5, 0.6) is 0 Å². The number of amides is 3. The van der Waals surface area contributed by atoms with Crippen LogP contribution in [0.4, 0.5) is 0 Å². The van der Waals surface area contributed by atoms with Gasteiger partial charge in [0.2, 0.25) is 17.7 Å². The number of carbonyl (C=O) groups is 3. The molecule has 39 heavy (non-hydrogen) atoms. The Morgan fingerprint density at radius 3 is 2.36 bits per heavy atom. The maximum atomic E-state index is 14.4. The molecular formula is C29H46N4O6. The SMILES string of the molecule is C=CCN(CCN1CCOCC1)C(=O)C1N([C@H](C)CO)C(=O)[C@@H]2[C@H](C(=O)N(CC=C)CCC)[C@]3(C)CCC12O3. The van der Waals surface area contributed by atoms with E-state index in [4.69, 9.17) is 9.47 Å². The number of hydrogen-bond acceptors (Lipinski definition) is 7. The molecule has 218 valence electrons. The van der Waals surface area contributed by atoms with Gasteiger partial charge in [0.1, 0.15) is 11.6 Å². The van der Waals surface area contributed by atoms with Crippen LogP contribution >= 0.6 is 0 Å². The fourth-order valence-electron chi connectivity index (χ4n) is 7.20. The van der Waals surface area contributed by atoms with Gasteiger partial charge in [0.15, 0.2) is 0 Å². The lowest BCUT2D eigenvalue weighted by molar-refractivity contribution is -0.156. The average molecular weight is 547 g/mol. The molecule has 1 N–H and O–H groups in total. The number of nitrogens with zero attached hydrogens (tertiary/aromatic N) is 4. The summed E-state index contributed by atoms with van der Waals surface area (Å²) in [6.07, 6.45) is 5.27. The Bertz CT molecular complexity index is 954. The predicted octanol–water partition coefficient (Wildman–Crippen LogP) is 0.903. The maximum Gasteiger partial charge on any atom is 0.248 e. The molecule has 4 aliphatic rings. The van der Waals surface area contributed by atoms with Gasteiger partial charge in [-0.15, -0.1) is 13.2 Å². The topological polar surface area (TPSA) is 103 Å². The summed E-state index contributed by atoms with van der Waals surface area (Å²) in [5.74, 6) is -2.09. The third-order valence-electron chi connectivity index (χ3n) is 9.06. The molecule has 4 heterocycles. The van der Waals surface area contributed by atoms with Gasteiger partial charge >= 0.3 is 0 Å². The zero-order valence-corrected chi connectivity index (χ0v) is 23.8. The minimum absolute atomic E-state index is 0.126. The van der Waals surface area contributed by atoms with Crippen molar-refractivity contribution >= 4 is 17.7 Å². The van der Waals surface area contributed by atoms with E-state index in [1.54, 1.807) is 28.9 Å². The highest BCUT2D eigenvalue weighted by atomic mass is 16.5. The van der Waals surface area contributed by atoms with Gasteiger partial charge in [-0.2, -0.15) is 0 Å². The summed E-state index contributed by atoms with van der Waals surface area (Å²) in [7, 11) is 0. The number of aliphatic hydroxyl groups excluding tert-OH is 1. The van der Waals surface area contributed by atoms with E-state index >= 15 is 0 Å². The van der Waals surface area contributed by atoms with E-state index in [0.717, 1.165) is 19.5 Å². The molecule has 4 rings (SSSR count). The Balaban J connectivity index is 1.69. The number of ether oxygens (including phenoxy) is 2. The number of likely N-dealkylation sites (tertiary alicyclic amines) is 1. The van der Waals surface area contributed by atoms with Crippen LogP contribution < -0.4 is 0 Å². The van der Waals surface area contributed by atoms with Crippen molar-refractivity contribution in [1.82, 2.24) is 19.6 Å². The fraction of sp³-hybridized carbons (Fsp3) is 0.759. The first-order valence-corrected chi connectivity index (χ1v) is 14.4. The molecule has 0 aromatic rings. The van der Waals surface area contributed by atoms with E-state index in [1.165, 1.54) is 4.90 Å². The lowest BCUT2D eigenvalue weighted by atomic mass is 9.66. The lowest BCUT2D eigenvalue weighted by Crippen LogP contribution is -2.59. The normalized spacial score (nSPS) is 32.7. The van der Waals surface area contributed by atoms with Crippen molar-refractivity contribution in [3.8, 4) is 0 Å². The monoisotopic (exact) mass is 546 g/mol. The Labute approximate surface area is 232 Å². The Morgan fingerprint density at radius 1 is 1.13 bits per heavy atom. The zero-order valence-electron chi connectivity index (χ0n) is 23.8. The number of rotatable bonds is 13. The van der Waals surface area contributed by atoms with Crippen LogP contribution in [0.15, 0.2) is 25.3 Å². The largest absolute Gasteiger partial charge is 0.394 e. The number of aliphatic hydroxyl groups is 1. The lowest BCUT2D eigenvalue weighted by Gasteiger charge is -2.39. The van der Waals surface area contributed by atoms with Crippen LogP contribution in [-0.2, 0) is 23.9 Å². The first-order valence-electron chi connectivity index (χ1n) is 14.4. The van der Waals surface area contributed by atoms with Crippen LogP contribution in [0.3, 0.4) is 0 Å². The van der Waals surface area contributed by atoms with Gasteiger partial charge in [0.25, 0.3) is 0 Å². The fourth-order valence-corrected chi connectivity index (χ4v) is 7.20. The van der Waals surface area contributed by atoms with Crippen LogP contribution in [0.1, 0.15) is 40.0 Å². The van der Waals surface area contributed by atoms with Crippen LogP contribution in [0, 0.1) is 11.8 Å². The standard InChI is InChI=1S/C29H46N4O6/c1-6-11-31(12-7-2)25(35)22-23-26(36)33(21(4)20-34)24(29(23)10-9-28(22,5)39-29)27(37)32(13-8-3)15-14-30-16-18-38-19-17-30/h6,8,21-24,34H,1,3,7,9-20H2,2,4-5H3/t21-,22-,23+,24?,28+,29?/m1/s1. The molecule has 3 amide bonds. The minimum Gasteiger partial charge on any atom is -0.394 e. The molecule has 4 fully saturated rings. The molecule has 1 spiro atoms. The van der Waals surface area contributed by atoms with E-state index in [-0.39, 0.29) is 24.3 Å². The second kappa shape index (κ2) is 12.1. The molecule has 0 aromatic heterocycles. The van der Waals surface area contributed by atoms with Gasteiger partial charge in [-0.05, 0) is 33.1 Å². The van der Waals surface area contributed by atoms with Gasteiger partial charge in [-0.1, -0.05) is 19.1 Å². The first-order chi connectivity index (χ1) is 18.7. The summed E-state index contributed by atoms with van der Waals surface area (Å²) in [6, 6.07) is -1.51.